The quantitative estimate of drug-likeness (QED) is 0.600. The standard InChI is InChI=1S/C15H20O4/c1-17-9-4-10-19-12-13-6-7-15(18-2)14(11-13)5-3-8-16/h6-7,11,16H,4,8-10,12H2,1-2H3. The second-order valence-electron chi connectivity index (χ2n) is 3.89. The second-order valence-corrected chi connectivity index (χ2v) is 3.89. The van der Waals surface area contributed by atoms with Crippen molar-refractivity contribution in [1.82, 2.24) is 0 Å². The van der Waals surface area contributed by atoms with Crippen molar-refractivity contribution in [2.75, 3.05) is 34.0 Å². The fourth-order valence-electron chi connectivity index (χ4n) is 1.57. The monoisotopic (exact) mass is 264 g/mol. The van der Waals surface area contributed by atoms with Gasteiger partial charge in [0.05, 0.1) is 19.3 Å². The van der Waals surface area contributed by atoms with Crippen LogP contribution in [0.3, 0.4) is 0 Å². The SMILES string of the molecule is COCCCOCc1ccc(OC)c(C#CCO)c1. The van der Waals surface area contributed by atoms with Crippen LogP contribution in [0.15, 0.2) is 18.2 Å². The zero-order valence-electron chi connectivity index (χ0n) is 11.4. The summed E-state index contributed by atoms with van der Waals surface area (Å²) >= 11 is 0. The van der Waals surface area contributed by atoms with Crippen molar-refractivity contribution in [1.29, 1.82) is 0 Å². The highest BCUT2D eigenvalue weighted by Crippen LogP contribution is 2.19. The first-order chi connectivity index (χ1) is 9.31. The van der Waals surface area contributed by atoms with E-state index in [4.69, 9.17) is 19.3 Å². The lowest BCUT2D eigenvalue weighted by molar-refractivity contribution is 0.0928. The third-order valence-corrected chi connectivity index (χ3v) is 2.47. The number of hydrogen-bond donors (Lipinski definition) is 1. The Balaban J connectivity index is 2.59. The summed E-state index contributed by atoms with van der Waals surface area (Å²) in [5.41, 5.74) is 1.79. The molecule has 0 atom stereocenters. The van der Waals surface area contributed by atoms with Crippen LogP contribution >= 0.6 is 0 Å². The Bertz CT molecular complexity index is 432. The molecule has 0 fully saturated rings. The van der Waals surface area contributed by atoms with E-state index in [1.165, 1.54) is 0 Å². The molecule has 104 valence electrons. The molecule has 0 aliphatic rings. The van der Waals surface area contributed by atoms with Gasteiger partial charge in [-0.25, -0.2) is 0 Å². The van der Waals surface area contributed by atoms with Gasteiger partial charge in [-0.1, -0.05) is 17.9 Å². The fraction of sp³-hybridized carbons (Fsp3) is 0.467. The van der Waals surface area contributed by atoms with Gasteiger partial charge in [0.25, 0.3) is 0 Å². The van der Waals surface area contributed by atoms with Gasteiger partial charge in [-0.3, -0.25) is 0 Å². The summed E-state index contributed by atoms with van der Waals surface area (Å²) in [5.74, 6) is 6.18. The van der Waals surface area contributed by atoms with Crippen LogP contribution in [0.2, 0.25) is 0 Å². The lowest BCUT2D eigenvalue weighted by Crippen LogP contribution is -2.00. The fourth-order valence-corrected chi connectivity index (χ4v) is 1.57. The number of rotatable bonds is 7. The molecule has 0 aliphatic carbocycles. The highest BCUT2D eigenvalue weighted by molar-refractivity contribution is 5.48. The largest absolute Gasteiger partial charge is 0.495 e. The first kappa shape index (κ1) is 15.5. The molecule has 0 aromatic heterocycles. The molecule has 0 spiro atoms. The molecule has 0 aliphatic heterocycles. The lowest BCUT2D eigenvalue weighted by Gasteiger charge is -2.07. The summed E-state index contributed by atoms with van der Waals surface area (Å²) in [7, 11) is 3.27. The average molecular weight is 264 g/mol. The summed E-state index contributed by atoms with van der Waals surface area (Å²) in [4.78, 5) is 0. The van der Waals surface area contributed by atoms with Crippen molar-refractivity contribution in [3.8, 4) is 17.6 Å². The Hall–Kier alpha value is -1.54. The van der Waals surface area contributed by atoms with E-state index in [-0.39, 0.29) is 6.61 Å². The van der Waals surface area contributed by atoms with Crippen molar-refractivity contribution < 1.29 is 19.3 Å². The Morgan fingerprint density at radius 2 is 2.05 bits per heavy atom. The number of benzene rings is 1. The van der Waals surface area contributed by atoms with Gasteiger partial charge < -0.3 is 19.3 Å². The minimum Gasteiger partial charge on any atom is -0.495 e. The van der Waals surface area contributed by atoms with Gasteiger partial charge in [0.2, 0.25) is 0 Å². The minimum atomic E-state index is -0.166. The summed E-state index contributed by atoms with van der Waals surface area (Å²) in [6.07, 6.45) is 0.879. The van der Waals surface area contributed by atoms with Crippen LogP contribution in [0, 0.1) is 11.8 Å². The third-order valence-electron chi connectivity index (χ3n) is 2.47. The third kappa shape index (κ3) is 5.75. The maximum atomic E-state index is 8.73. The first-order valence-corrected chi connectivity index (χ1v) is 6.15. The number of ether oxygens (including phenoxy) is 3. The zero-order chi connectivity index (χ0) is 13.9. The summed E-state index contributed by atoms with van der Waals surface area (Å²) < 4.78 is 15.7. The Labute approximate surface area is 114 Å². The summed E-state index contributed by atoms with van der Waals surface area (Å²) in [5, 5.41) is 8.73. The molecule has 0 saturated carbocycles. The maximum absolute atomic E-state index is 8.73. The molecule has 1 rings (SSSR count). The molecule has 0 heterocycles. The van der Waals surface area contributed by atoms with Gasteiger partial charge in [-0.05, 0) is 24.1 Å². The molecule has 1 aromatic carbocycles. The smallest absolute Gasteiger partial charge is 0.134 e. The summed E-state index contributed by atoms with van der Waals surface area (Å²) in [6.45, 7) is 1.73. The lowest BCUT2D eigenvalue weighted by atomic mass is 10.1. The van der Waals surface area contributed by atoms with E-state index in [9.17, 15) is 0 Å². The van der Waals surface area contributed by atoms with Gasteiger partial charge in [0, 0.05) is 20.3 Å². The predicted molar refractivity (Wildman–Crippen MR) is 73.1 cm³/mol. The van der Waals surface area contributed by atoms with Gasteiger partial charge >= 0.3 is 0 Å². The highest BCUT2D eigenvalue weighted by Gasteiger charge is 2.02. The van der Waals surface area contributed by atoms with E-state index in [1.54, 1.807) is 14.2 Å². The van der Waals surface area contributed by atoms with Gasteiger partial charge in [-0.2, -0.15) is 0 Å². The summed E-state index contributed by atoms with van der Waals surface area (Å²) in [6, 6.07) is 5.71. The van der Waals surface area contributed by atoms with Crippen LogP contribution in [0.5, 0.6) is 5.75 Å². The maximum Gasteiger partial charge on any atom is 0.134 e. The minimum absolute atomic E-state index is 0.166. The van der Waals surface area contributed by atoms with Crippen LogP contribution in [0.25, 0.3) is 0 Å². The molecule has 0 bridgehead atoms. The van der Waals surface area contributed by atoms with Crippen LogP contribution in [-0.2, 0) is 16.1 Å². The Kier molecular flexibility index (Phi) is 7.68. The van der Waals surface area contributed by atoms with Crippen molar-refractivity contribution in [2.24, 2.45) is 0 Å². The molecule has 0 radical (unpaired) electrons. The number of hydrogen-bond acceptors (Lipinski definition) is 4. The molecule has 0 amide bonds. The van der Waals surface area contributed by atoms with Crippen molar-refractivity contribution >= 4 is 0 Å². The van der Waals surface area contributed by atoms with Gasteiger partial charge in [-0.15, -0.1) is 0 Å². The molecule has 0 unspecified atom stereocenters. The van der Waals surface area contributed by atoms with Gasteiger partial charge in [0.15, 0.2) is 0 Å². The van der Waals surface area contributed by atoms with Crippen LogP contribution < -0.4 is 4.74 Å². The molecule has 0 saturated heterocycles. The number of aliphatic hydroxyl groups is 1. The first-order valence-electron chi connectivity index (χ1n) is 6.15. The van der Waals surface area contributed by atoms with E-state index in [0.717, 1.165) is 17.5 Å². The van der Waals surface area contributed by atoms with E-state index in [2.05, 4.69) is 11.8 Å². The number of methoxy groups -OCH3 is 2. The molecule has 19 heavy (non-hydrogen) atoms. The molecule has 4 heteroatoms. The van der Waals surface area contributed by atoms with Crippen LogP contribution in [-0.4, -0.2) is 39.1 Å². The highest BCUT2D eigenvalue weighted by atomic mass is 16.5. The molecule has 1 N–H and O–H groups in total. The van der Waals surface area contributed by atoms with Crippen molar-refractivity contribution in [3.05, 3.63) is 29.3 Å². The van der Waals surface area contributed by atoms with Crippen molar-refractivity contribution in [2.45, 2.75) is 13.0 Å². The second kappa shape index (κ2) is 9.40. The van der Waals surface area contributed by atoms with E-state index in [0.29, 0.717) is 25.6 Å². The van der Waals surface area contributed by atoms with E-state index >= 15 is 0 Å². The Morgan fingerprint density at radius 1 is 1.21 bits per heavy atom. The molecule has 4 nitrogen and oxygen atoms in total. The van der Waals surface area contributed by atoms with Crippen LogP contribution in [0.1, 0.15) is 17.5 Å². The van der Waals surface area contributed by atoms with Crippen LogP contribution in [0.4, 0.5) is 0 Å². The van der Waals surface area contributed by atoms with Gasteiger partial charge in [0.1, 0.15) is 12.4 Å². The Morgan fingerprint density at radius 3 is 2.74 bits per heavy atom. The molecular weight excluding hydrogens is 244 g/mol. The predicted octanol–water partition coefficient (Wildman–Crippen LogP) is 1.59. The number of aliphatic hydroxyl groups excluding tert-OH is 1. The van der Waals surface area contributed by atoms with Crippen molar-refractivity contribution in [3.63, 3.8) is 0 Å². The normalized spacial score (nSPS) is 9.84. The topological polar surface area (TPSA) is 47.9 Å². The molecular formula is C15H20O4. The van der Waals surface area contributed by atoms with E-state index in [1.807, 2.05) is 18.2 Å². The molecule has 1 aromatic rings. The average Bonchev–Trinajstić information content (AvgIpc) is 2.45. The zero-order valence-corrected chi connectivity index (χ0v) is 11.4. The van der Waals surface area contributed by atoms with E-state index < -0.39 is 0 Å².